The highest BCUT2D eigenvalue weighted by molar-refractivity contribution is 7.14. The molecule has 0 bridgehead atoms. The van der Waals surface area contributed by atoms with Gasteiger partial charge in [-0.25, -0.2) is 4.98 Å². The van der Waals surface area contributed by atoms with E-state index in [0.717, 1.165) is 42.7 Å². The zero-order valence-corrected chi connectivity index (χ0v) is 17.0. The van der Waals surface area contributed by atoms with Gasteiger partial charge < -0.3 is 5.32 Å². The van der Waals surface area contributed by atoms with E-state index in [2.05, 4.69) is 22.5 Å². The number of hydrogen-bond acceptors (Lipinski definition) is 5. The first-order valence-electron chi connectivity index (χ1n) is 9.80. The Morgan fingerprint density at radius 2 is 2.00 bits per heavy atom. The van der Waals surface area contributed by atoms with Gasteiger partial charge in [-0.3, -0.25) is 14.6 Å². The number of benzene rings is 1. The maximum absolute atomic E-state index is 12.3. The first kappa shape index (κ1) is 18.6. The topological polar surface area (TPSA) is 48.5 Å². The number of carbonyl (C=O) groups is 1. The molecular weight excluding hydrogens is 356 g/mol. The Morgan fingerprint density at radius 3 is 2.70 bits per heavy atom. The van der Waals surface area contributed by atoms with E-state index in [1.165, 1.54) is 31.4 Å². The van der Waals surface area contributed by atoms with Crippen molar-refractivity contribution in [3.05, 3.63) is 40.9 Å². The van der Waals surface area contributed by atoms with Gasteiger partial charge in [0.05, 0.1) is 11.4 Å². The molecule has 5 nitrogen and oxygen atoms in total. The van der Waals surface area contributed by atoms with Crippen molar-refractivity contribution in [1.29, 1.82) is 0 Å². The molecule has 1 N–H and O–H groups in total. The van der Waals surface area contributed by atoms with Gasteiger partial charge in [0.2, 0.25) is 5.91 Å². The molecule has 1 aromatic carbocycles. The Morgan fingerprint density at radius 1 is 1.26 bits per heavy atom. The van der Waals surface area contributed by atoms with Crippen LogP contribution < -0.4 is 10.2 Å². The molecular formula is C21H28N4OS. The van der Waals surface area contributed by atoms with Crippen molar-refractivity contribution in [2.45, 2.75) is 39.7 Å². The summed E-state index contributed by atoms with van der Waals surface area (Å²) in [6, 6.07) is 8.03. The zero-order chi connectivity index (χ0) is 18.9. The molecule has 2 saturated heterocycles. The van der Waals surface area contributed by atoms with E-state index < -0.39 is 0 Å². The first-order valence-corrected chi connectivity index (χ1v) is 10.7. The highest BCUT2D eigenvalue weighted by Crippen LogP contribution is 2.39. The van der Waals surface area contributed by atoms with Gasteiger partial charge in [-0.2, -0.15) is 0 Å². The fourth-order valence-electron chi connectivity index (χ4n) is 4.35. The molecule has 1 amide bonds. The number of amides is 1. The Bertz CT molecular complexity index is 795. The minimum atomic E-state index is -0.00501. The van der Waals surface area contributed by atoms with Gasteiger partial charge in [-0.1, -0.05) is 17.7 Å². The predicted molar refractivity (Wildman–Crippen MR) is 111 cm³/mol. The smallest absolute Gasteiger partial charge is 0.230 e. The minimum Gasteiger partial charge on any atom is -0.317 e. The Labute approximate surface area is 165 Å². The fraction of sp³-hybridized carbons (Fsp3) is 0.524. The SMILES string of the molecule is CC(=O)N(c1ccc(C)cc1)c1nc(CN2CCC3(CCNCC3)C2)cs1. The minimum absolute atomic E-state index is 0.00501. The first-order chi connectivity index (χ1) is 13.0. The van der Waals surface area contributed by atoms with E-state index in [4.69, 9.17) is 4.98 Å². The summed E-state index contributed by atoms with van der Waals surface area (Å²) in [4.78, 5) is 21.3. The molecule has 2 fully saturated rings. The third-order valence-electron chi connectivity index (χ3n) is 5.91. The molecule has 0 saturated carbocycles. The maximum atomic E-state index is 12.3. The van der Waals surface area contributed by atoms with Crippen molar-refractivity contribution in [2.24, 2.45) is 5.41 Å². The second-order valence-electron chi connectivity index (χ2n) is 8.02. The number of thiazole rings is 1. The molecule has 2 aromatic rings. The molecule has 0 unspecified atom stereocenters. The van der Waals surface area contributed by atoms with Crippen LogP contribution in [-0.4, -0.2) is 42.0 Å². The third-order valence-corrected chi connectivity index (χ3v) is 6.78. The van der Waals surface area contributed by atoms with Gasteiger partial charge in [0.25, 0.3) is 0 Å². The van der Waals surface area contributed by atoms with Gasteiger partial charge in [0.1, 0.15) is 0 Å². The van der Waals surface area contributed by atoms with Crippen LogP contribution in [0.15, 0.2) is 29.6 Å². The van der Waals surface area contributed by atoms with Gasteiger partial charge in [-0.05, 0) is 63.4 Å². The van der Waals surface area contributed by atoms with Crippen LogP contribution >= 0.6 is 11.3 Å². The van der Waals surface area contributed by atoms with E-state index in [0.29, 0.717) is 5.41 Å². The summed E-state index contributed by atoms with van der Waals surface area (Å²) in [5.41, 5.74) is 3.64. The van der Waals surface area contributed by atoms with Crippen LogP contribution in [0.3, 0.4) is 0 Å². The van der Waals surface area contributed by atoms with Gasteiger partial charge in [0, 0.05) is 25.4 Å². The number of aromatic nitrogens is 1. The van der Waals surface area contributed by atoms with Gasteiger partial charge >= 0.3 is 0 Å². The summed E-state index contributed by atoms with van der Waals surface area (Å²) in [5, 5.41) is 6.34. The number of nitrogens with zero attached hydrogens (tertiary/aromatic N) is 3. The Hall–Kier alpha value is -1.76. The molecule has 1 spiro atoms. The number of anilines is 2. The van der Waals surface area contributed by atoms with Crippen LogP contribution in [0.2, 0.25) is 0 Å². The molecule has 2 aliphatic rings. The van der Waals surface area contributed by atoms with Gasteiger partial charge in [0.15, 0.2) is 5.13 Å². The second-order valence-corrected chi connectivity index (χ2v) is 8.86. The lowest BCUT2D eigenvalue weighted by atomic mass is 9.78. The van der Waals surface area contributed by atoms with Crippen LogP contribution in [-0.2, 0) is 11.3 Å². The summed E-state index contributed by atoms with van der Waals surface area (Å²) in [7, 11) is 0. The van der Waals surface area contributed by atoms with E-state index in [1.807, 2.05) is 24.3 Å². The van der Waals surface area contributed by atoms with Crippen LogP contribution in [0.5, 0.6) is 0 Å². The zero-order valence-electron chi connectivity index (χ0n) is 16.2. The van der Waals surface area contributed by atoms with E-state index in [-0.39, 0.29) is 5.91 Å². The summed E-state index contributed by atoms with van der Waals surface area (Å²) < 4.78 is 0. The van der Waals surface area contributed by atoms with Crippen LogP contribution in [0.1, 0.15) is 37.4 Å². The number of likely N-dealkylation sites (tertiary alicyclic amines) is 1. The van der Waals surface area contributed by atoms with Crippen molar-refractivity contribution < 1.29 is 4.79 Å². The molecule has 6 heteroatoms. The highest BCUT2D eigenvalue weighted by atomic mass is 32.1. The molecule has 0 atom stereocenters. The quantitative estimate of drug-likeness (QED) is 0.873. The van der Waals surface area contributed by atoms with Crippen molar-refractivity contribution >= 4 is 28.1 Å². The molecule has 0 radical (unpaired) electrons. The molecule has 27 heavy (non-hydrogen) atoms. The van der Waals surface area contributed by atoms with Gasteiger partial charge in [-0.15, -0.1) is 11.3 Å². The van der Waals surface area contributed by atoms with E-state index >= 15 is 0 Å². The highest BCUT2D eigenvalue weighted by Gasteiger charge is 2.38. The number of hydrogen-bond donors (Lipinski definition) is 1. The van der Waals surface area contributed by atoms with Crippen LogP contribution in [0.25, 0.3) is 0 Å². The van der Waals surface area contributed by atoms with Crippen molar-refractivity contribution in [1.82, 2.24) is 15.2 Å². The maximum Gasteiger partial charge on any atom is 0.230 e. The Kier molecular flexibility index (Phi) is 5.30. The predicted octanol–water partition coefficient (Wildman–Crippen LogP) is 3.71. The number of rotatable bonds is 4. The van der Waals surface area contributed by atoms with Crippen molar-refractivity contribution in [3.8, 4) is 0 Å². The van der Waals surface area contributed by atoms with E-state index in [1.54, 1.807) is 23.2 Å². The monoisotopic (exact) mass is 384 g/mol. The normalized spacial score (nSPS) is 19.5. The number of nitrogens with one attached hydrogen (secondary N) is 1. The van der Waals surface area contributed by atoms with E-state index in [9.17, 15) is 4.79 Å². The molecule has 2 aliphatic heterocycles. The standard InChI is InChI=1S/C21H28N4OS/c1-16-3-5-19(6-4-16)25(17(2)26)20-23-18(14-27-20)13-24-12-9-21(15-24)7-10-22-11-8-21/h3-6,14,22H,7-13,15H2,1-2H3. The van der Waals surface area contributed by atoms with Crippen LogP contribution in [0.4, 0.5) is 10.8 Å². The number of piperidine rings is 1. The third kappa shape index (κ3) is 4.08. The summed E-state index contributed by atoms with van der Waals surface area (Å²) in [6.45, 7) is 9.16. The molecule has 4 rings (SSSR count). The number of carbonyl (C=O) groups excluding carboxylic acids is 1. The lowest BCUT2D eigenvalue weighted by molar-refractivity contribution is -0.115. The fourth-order valence-corrected chi connectivity index (χ4v) is 5.23. The van der Waals surface area contributed by atoms with Crippen molar-refractivity contribution in [3.63, 3.8) is 0 Å². The average molecular weight is 385 g/mol. The summed E-state index contributed by atoms with van der Waals surface area (Å²) in [5.74, 6) is -0.00501. The molecule has 144 valence electrons. The largest absolute Gasteiger partial charge is 0.317 e. The average Bonchev–Trinajstić information content (AvgIpc) is 3.25. The lowest BCUT2D eigenvalue weighted by Crippen LogP contribution is -2.38. The molecule has 1 aromatic heterocycles. The second kappa shape index (κ2) is 7.70. The van der Waals surface area contributed by atoms with Crippen LogP contribution in [0, 0.1) is 12.3 Å². The molecule has 0 aliphatic carbocycles. The number of aryl methyl sites for hydroxylation is 1. The lowest BCUT2D eigenvalue weighted by Gasteiger charge is -2.33. The van der Waals surface area contributed by atoms with Crippen molar-refractivity contribution in [2.75, 3.05) is 31.1 Å². The molecule has 3 heterocycles. The summed E-state index contributed by atoms with van der Waals surface area (Å²) in [6.07, 6.45) is 3.88. The Balaban J connectivity index is 1.46. The summed E-state index contributed by atoms with van der Waals surface area (Å²) >= 11 is 1.55.